The van der Waals surface area contributed by atoms with Gasteiger partial charge in [-0.1, -0.05) is 12.2 Å². The fourth-order valence-electron chi connectivity index (χ4n) is 1.78. The highest BCUT2D eigenvalue weighted by Crippen LogP contribution is 1.96. The van der Waals surface area contributed by atoms with Crippen molar-refractivity contribution in [2.75, 3.05) is 0 Å². The van der Waals surface area contributed by atoms with Crippen LogP contribution in [-0.4, -0.2) is 26.8 Å². The van der Waals surface area contributed by atoms with E-state index in [2.05, 4.69) is 5.10 Å². The summed E-state index contributed by atoms with van der Waals surface area (Å²) in [6.07, 6.45) is 5.36. The second kappa shape index (κ2) is 3.80. The van der Waals surface area contributed by atoms with Crippen molar-refractivity contribution in [3.63, 3.8) is 0 Å². The van der Waals surface area contributed by atoms with E-state index < -0.39 is 11.9 Å². The number of carbonyl (C=O) groups is 2. The number of nitrogens with zero attached hydrogens (tertiary/aromatic N) is 2. The predicted molar refractivity (Wildman–Crippen MR) is 55.8 cm³/mol. The zero-order valence-corrected chi connectivity index (χ0v) is 8.51. The van der Waals surface area contributed by atoms with Crippen LogP contribution in [0.25, 0.3) is 12.2 Å². The molecule has 6 nitrogen and oxygen atoms in total. The molecule has 1 heterocycles. The Bertz CT molecular complexity index is 571. The number of fused-ring (bicyclic) bond motifs is 1. The average molecular weight is 221 g/mol. The second-order valence-electron chi connectivity index (χ2n) is 3.55. The zero-order chi connectivity index (χ0) is 11.7. The SMILES string of the molecule is NC(=O)c1nn(CC(=O)O)c2c1=CCCC=2. The quantitative estimate of drug-likeness (QED) is 0.643. The van der Waals surface area contributed by atoms with Crippen LogP contribution >= 0.6 is 0 Å². The number of hydrogen-bond acceptors (Lipinski definition) is 3. The van der Waals surface area contributed by atoms with Gasteiger partial charge in [0.2, 0.25) is 0 Å². The molecule has 1 aromatic rings. The van der Waals surface area contributed by atoms with Crippen LogP contribution in [0, 0.1) is 0 Å². The molecule has 0 unspecified atom stereocenters. The van der Waals surface area contributed by atoms with Crippen LogP contribution in [0.5, 0.6) is 0 Å². The maximum Gasteiger partial charge on any atom is 0.325 e. The van der Waals surface area contributed by atoms with Crippen LogP contribution < -0.4 is 16.3 Å². The maximum atomic E-state index is 11.1. The van der Waals surface area contributed by atoms with Gasteiger partial charge in [-0.15, -0.1) is 0 Å². The molecule has 84 valence electrons. The minimum Gasteiger partial charge on any atom is -0.480 e. The lowest BCUT2D eigenvalue weighted by atomic mass is 10.1. The molecule has 0 spiro atoms. The molecule has 2 rings (SSSR count). The molecule has 1 aromatic heterocycles. The summed E-state index contributed by atoms with van der Waals surface area (Å²) < 4.78 is 1.30. The van der Waals surface area contributed by atoms with E-state index in [1.165, 1.54) is 4.68 Å². The number of primary amides is 1. The number of aliphatic carboxylic acids is 1. The van der Waals surface area contributed by atoms with Crippen molar-refractivity contribution in [1.82, 2.24) is 9.78 Å². The smallest absolute Gasteiger partial charge is 0.325 e. The van der Waals surface area contributed by atoms with E-state index in [1.807, 2.05) is 12.2 Å². The monoisotopic (exact) mass is 221 g/mol. The number of carboxylic acid groups (broad SMARTS) is 1. The van der Waals surface area contributed by atoms with Gasteiger partial charge in [0.1, 0.15) is 6.54 Å². The first-order chi connectivity index (χ1) is 7.59. The molecule has 1 aliphatic carbocycles. The van der Waals surface area contributed by atoms with Gasteiger partial charge in [0.15, 0.2) is 5.69 Å². The van der Waals surface area contributed by atoms with Crippen LogP contribution in [0.2, 0.25) is 0 Å². The lowest BCUT2D eigenvalue weighted by Gasteiger charge is -1.98. The molecule has 0 atom stereocenters. The van der Waals surface area contributed by atoms with Crippen molar-refractivity contribution in [2.45, 2.75) is 19.4 Å². The third-order valence-electron chi connectivity index (χ3n) is 2.40. The Morgan fingerprint density at radius 2 is 2.12 bits per heavy atom. The van der Waals surface area contributed by atoms with Crippen molar-refractivity contribution < 1.29 is 14.7 Å². The molecule has 0 aliphatic heterocycles. The van der Waals surface area contributed by atoms with Crippen LogP contribution in [0.4, 0.5) is 0 Å². The van der Waals surface area contributed by atoms with Gasteiger partial charge in [-0.2, -0.15) is 5.10 Å². The molecule has 0 radical (unpaired) electrons. The zero-order valence-electron chi connectivity index (χ0n) is 8.51. The highest BCUT2D eigenvalue weighted by Gasteiger charge is 2.14. The molecule has 0 saturated carbocycles. The Hall–Kier alpha value is -2.11. The molecule has 0 aromatic carbocycles. The summed E-state index contributed by atoms with van der Waals surface area (Å²) in [7, 11) is 0. The lowest BCUT2D eigenvalue weighted by Crippen LogP contribution is -2.35. The van der Waals surface area contributed by atoms with E-state index in [1.54, 1.807) is 0 Å². The first kappa shape index (κ1) is 10.4. The fraction of sp³-hybridized carbons (Fsp3) is 0.300. The van der Waals surface area contributed by atoms with Gasteiger partial charge in [-0.3, -0.25) is 14.3 Å². The van der Waals surface area contributed by atoms with Crippen molar-refractivity contribution in [1.29, 1.82) is 0 Å². The van der Waals surface area contributed by atoms with Gasteiger partial charge < -0.3 is 10.8 Å². The van der Waals surface area contributed by atoms with Crippen molar-refractivity contribution in [3.8, 4) is 0 Å². The average Bonchev–Trinajstić information content (AvgIpc) is 2.57. The molecule has 0 fully saturated rings. The first-order valence-electron chi connectivity index (χ1n) is 4.88. The van der Waals surface area contributed by atoms with Crippen LogP contribution in [0.15, 0.2) is 0 Å². The summed E-state index contributed by atoms with van der Waals surface area (Å²) in [5, 5.41) is 14.0. The Morgan fingerprint density at radius 3 is 2.75 bits per heavy atom. The van der Waals surface area contributed by atoms with Crippen molar-refractivity contribution in [3.05, 3.63) is 16.3 Å². The van der Waals surface area contributed by atoms with Crippen molar-refractivity contribution in [2.24, 2.45) is 5.73 Å². The van der Waals surface area contributed by atoms with Gasteiger partial charge in [-0.25, -0.2) is 0 Å². The standard InChI is InChI=1S/C10H11N3O3/c11-10(16)9-6-3-1-2-4-7(6)13(12-9)5-8(14)15/h3-4H,1-2,5H2,(H2,11,16)(H,14,15). The summed E-state index contributed by atoms with van der Waals surface area (Å²) >= 11 is 0. The molecule has 1 amide bonds. The number of hydrogen-bond donors (Lipinski definition) is 2. The third kappa shape index (κ3) is 1.69. The molecule has 3 N–H and O–H groups in total. The van der Waals surface area contributed by atoms with Crippen LogP contribution in [-0.2, 0) is 11.3 Å². The highest BCUT2D eigenvalue weighted by atomic mass is 16.4. The molecule has 0 saturated heterocycles. The maximum absolute atomic E-state index is 11.1. The van der Waals surface area contributed by atoms with E-state index in [9.17, 15) is 9.59 Å². The number of carbonyl (C=O) groups excluding carboxylic acids is 1. The Labute approximate surface area is 90.7 Å². The van der Waals surface area contributed by atoms with Gasteiger partial charge in [0.25, 0.3) is 5.91 Å². The molecular weight excluding hydrogens is 210 g/mol. The number of aromatic nitrogens is 2. The molecule has 16 heavy (non-hydrogen) atoms. The Morgan fingerprint density at radius 1 is 1.44 bits per heavy atom. The lowest BCUT2D eigenvalue weighted by molar-refractivity contribution is -0.137. The number of amides is 1. The highest BCUT2D eigenvalue weighted by molar-refractivity contribution is 5.91. The Balaban J connectivity index is 2.65. The van der Waals surface area contributed by atoms with E-state index in [0.29, 0.717) is 10.6 Å². The van der Waals surface area contributed by atoms with Crippen LogP contribution in [0.3, 0.4) is 0 Å². The number of rotatable bonds is 3. The molecule has 0 bridgehead atoms. The first-order valence-corrected chi connectivity index (χ1v) is 4.88. The Kier molecular flexibility index (Phi) is 2.47. The van der Waals surface area contributed by atoms with Crippen LogP contribution in [0.1, 0.15) is 23.3 Å². The fourth-order valence-corrected chi connectivity index (χ4v) is 1.78. The summed E-state index contributed by atoms with van der Waals surface area (Å²) in [6, 6.07) is 0. The predicted octanol–water partition coefficient (Wildman–Crippen LogP) is -1.58. The van der Waals surface area contributed by atoms with Gasteiger partial charge in [0.05, 0.1) is 5.35 Å². The summed E-state index contributed by atoms with van der Waals surface area (Å²) in [5.74, 6) is -1.63. The van der Waals surface area contributed by atoms with E-state index in [0.717, 1.165) is 12.8 Å². The minimum absolute atomic E-state index is 0.146. The summed E-state index contributed by atoms with van der Waals surface area (Å²) in [5.41, 5.74) is 5.33. The topological polar surface area (TPSA) is 98.2 Å². The third-order valence-corrected chi connectivity index (χ3v) is 2.40. The molecular formula is C10H11N3O3. The van der Waals surface area contributed by atoms with E-state index in [4.69, 9.17) is 10.8 Å². The largest absolute Gasteiger partial charge is 0.480 e. The van der Waals surface area contributed by atoms with E-state index in [-0.39, 0.29) is 12.2 Å². The van der Waals surface area contributed by atoms with Crippen molar-refractivity contribution >= 4 is 24.0 Å². The minimum atomic E-state index is -1.000. The van der Waals surface area contributed by atoms with Gasteiger partial charge in [0, 0.05) is 5.22 Å². The molecule has 1 aliphatic rings. The number of carboxylic acids is 1. The number of nitrogens with two attached hydrogens (primary N) is 1. The van der Waals surface area contributed by atoms with E-state index >= 15 is 0 Å². The second-order valence-corrected chi connectivity index (χ2v) is 3.55. The summed E-state index contributed by atoms with van der Waals surface area (Å²) in [4.78, 5) is 21.8. The summed E-state index contributed by atoms with van der Waals surface area (Å²) in [6.45, 7) is -0.264. The van der Waals surface area contributed by atoms with Gasteiger partial charge >= 0.3 is 5.97 Å². The molecule has 6 heteroatoms. The normalized spacial score (nSPS) is 13.5. The van der Waals surface area contributed by atoms with Gasteiger partial charge in [-0.05, 0) is 12.8 Å².